The van der Waals surface area contributed by atoms with Crippen molar-refractivity contribution in [2.24, 2.45) is 4.99 Å². The SMILES string of the molecule is CCCCCN=C1NC(C)C(CBr)S1. The maximum absolute atomic E-state index is 4.56. The molecule has 0 aliphatic carbocycles. The molecule has 82 valence electrons. The van der Waals surface area contributed by atoms with Gasteiger partial charge in [-0.3, -0.25) is 4.99 Å². The van der Waals surface area contributed by atoms with E-state index >= 15 is 0 Å². The van der Waals surface area contributed by atoms with E-state index in [2.05, 4.69) is 40.1 Å². The van der Waals surface area contributed by atoms with Crippen LogP contribution in [-0.4, -0.2) is 28.3 Å². The van der Waals surface area contributed by atoms with Crippen molar-refractivity contribution in [1.29, 1.82) is 0 Å². The summed E-state index contributed by atoms with van der Waals surface area (Å²) in [7, 11) is 0. The van der Waals surface area contributed by atoms with Gasteiger partial charge in [0.2, 0.25) is 0 Å². The van der Waals surface area contributed by atoms with Gasteiger partial charge in [0.15, 0.2) is 5.17 Å². The van der Waals surface area contributed by atoms with E-state index in [-0.39, 0.29) is 0 Å². The number of halogens is 1. The van der Waals surface area contributed by atoms with Crippen LogP contribution in [0.5, 0.6) is 0 Å². The molecule has 0 spiro atoms. The van der Waals surface area contributed by atoms with Gasteiger partial charge in [0.1, 0.15) is 0 Å². The molecule has 4 heteroatoms. The lowest BCUT2D eigenvalue weighted by Crippen LogP contribution is -2.28. The minimum absolute atomic E-state index is 0.546. The molecule has 0 amide bonds. The van der Waals surface area contributed by atoms with Gasteiger partial charge in [-0.2, -0.15) is 0 Å². The number of aliphatic imine (C=N–C) groups is 1. The first-order chi connectivity index (χ1) is 6.77. The normalized spacial score (nSPS) is 29.5. The molecule has 2 atom stereocenters. The smallest absolute Gasteiger partial charge is 0.157 e. The van der Waals surface area contributed by atoms with Crippen molar-refractivity contribution in [1.82, 2.24) is 5.32 Å². The summed E-state index contributed by atoms with van der Waals surface area (Å²) >= 11 is 5.39. The lowest BCUT2D eigenvalue weighted by Gasteiger charge is -2.07. The molecule has 1 saturated heterocycles. The summed E-state index contributed by atoms with van der Waals surface area (Å²) in [5, 5.41) is 6.23. The number of alkyl halides is 1. The van der Waals surface area contributed by atoms with Crippen LogP contribution in [-0.2, 0) is 0 Å². The zero-order valence-electron chi connectivity index (χ0n) is 8.92. The van der Waals surface area contributed by atoms with Crippen LogP contribution >= 0.6 is 27.7 Å². The average molecular weight is 279 g/mol. The molecule has 0 radical (unpaired) electrons. The molecule has 0 bridgehead atoms. The Morgan fingerprint density at radius 2 is 2.29 bits per heavy atom. The standard InChI is InChI=1S/C10H19BrN2S/c1-3-4-5-6-12-10-13-8(2)9(7-11)14-10/h8-9H,3-7H2,1-2H3,(H,12,13). The monoisotopic (exact) mass is 278 g/mol. The number of thioether (sulfide) groups is 1. The van der Waals surface area contributed by atoms with Crippen molar-refractivity contribution >= 4 is 32.9 Å². The van der Waals surface area contributed by atoms with Crippen molar-refractivity contribution in [2.75, 3.05) is 11.9 Å². The van der Waals surface area contributed by atoms with Crippen LogP contribution in [0.15, 0.2) is 4.99 Å². The maximum Gasteiger partial charge on any atom is 0.157 e. The third-order valence-corrected chi connectivity index (χ3v) is 4.82. The zero-order chi connectivity index (χ0) is 10.4. The van der Waals surface area contributed by atoms with Crippen LogP contribution in [0.2, 0.25) is 0 Å². The summed E-state index contributed by atoms with van der Waals surface area (Å²) in [5.74, 6) is 0. The van der Waals surface area contributed by atoms with Gasteiger partial charge < -0.3 is 5.32 Å². The van der Waals surface area contributed by atoms with E-state index in [1.165, 1.54) is 19.3 Å². The summed E-state index contributed by atoms with van der Waals surface area (Å²) in [6.45, 7) is 5.41. The van der Waals surface area contributed by atoms with Gasteiger partial charge >= 0.3 is 0 Å². The van der Waals surface area contributed by atoms with Crippen LogP contribution in [0.3, 0.4) is 0 Å². The lowest BCUT2D eigenvalue weighted by molar-refractivity contribution is 0.680. The van der Waals surface area contributed by atoms with Crippen LogP contribution < -0.4 is 5.32 Å². The second-order valence-electron chi connectivity index (χ2n) is 3.64. The molecule has 0 saturated carbocycles. The molecule has 1 fully saturated rings. The first-order valence-electron chi connectivity index (χ1n) is 5.31. The number of nitrogens with one attached hydrogen (secondary N) is 1. The molecular weight excluding hydrogens is 260 g/mol. The van der Waals surface area contributed by atoms with E-state index in [1.54, 1.807) is 0 Å². The number of hydrogen-bond acceptors (Lipinski definition) is 2. The minimum atomic E-state index is 0.546. The van der Waals surface area contributed by atoms with Crippen LogP contribution in [0.25, 0.3) is 0 Å². The Morgan fingerprint density at radius 1 is 1.50 bits per heavy atom. The van der Waals surface area contributed by atoms with E-state index in [9.17, 15) is 0 Å². The number of rotatable bonds is 5. The molecule has 1 aliphatic rings. The van der Waals surface area contributed by atoms with Crippen molar-refractivity contribution in [3.8, 4) is 0 Å². The third kappa shape index (κ3) is 3.81. The Hall–Kier alpha value is 0.300. The molecule has 1 aliphatic heterocycles. The highest BCUT2D eigenvalue weighted by Crippen LogP contribution is 2.24. The Kier molecular flexibility index (Phi) is 5.94. The molecule has 0 aromatic rings. The van der Waals surface area contributed by atoms with Crippen LogP contribution in [0.1, 0.15) is 33.1 Å². The highest BCUT2D eigenvalue weighted by atomic mass is 79.9. The quantitative estimate of drug-likeness (QED) is 0.618. The van der Waals surface area contributed by atoms with Gasteiger partial charge in [-0.15, -0.1) is 0 Å². The molecule has 14 heavy (non-hydrogen) atoms. The van der Waals surface area contributed by atoms with E-state index in [0.717, 1.165) is 17.0 Å². The van der Waals surface area contributed by atoms with Gasteiger partial charge in [0.05, 0.1) is 0 Å². The summed E-state index contributed by atoms with van der Waals surface area (Å²) < 4.78 is 0. The lowest BCUT2D eigenvalue weighted by atomic mass is 10.2. The molecule has 0 aromatic carbocycles. The van der Waals surface area contributed by atoms with Crippen LogP contribution in [0, 0.1) is 0 Å². The predicted molar refractivity (Wildman–Crippen MR) is 69.6 cm³/mol. The molecule has 2 unspecified atom stereocenters. The first-order valence-corrected chi connectivity index (χ1v) is 7.31. The van der Waals surface area contributed by atoms with Gasteiger partial charge in [-0.05, 0) is 13.3 Å². The fourth-order valence-corrected chi connectivity index (χ4v) is 3.36. The summed E-state index contributed by atoms with van der Waals surface area (Å²) in [5.41, 5.74) is 0. The van der Waals surface area contributed by atoms with Crippen molar-refractivity contribution in [3.05, 3.63) is 0 Å². The fraction of sp³-hybridized carbons (Fsp3) is 0.900. The largest absolute Gasteiger partial charge is 0.361 e. The highest BCUT2D eigenvalue weighted by molar-refractivity contribution is 9.09. The van der Waals surface area contributed by atoms with Gasteiger partial charge in [0.25, 0.3) is 0 Å². The predicted octanol–water partition coefficient (Wildman–Crippen LogP) is 3.02. The highest BCUT2D eigenvalue weighted by Gasteiger charge is 2.26. The topological polar surface area (TPSA) is 24.4 Å². The Morgan fingerprint density at radius 3 is 2.86 bits per heavy atom. The molecule has 1 rings (SSSR count). The van der Waals surface area contributed by atoms with E-state index < -0.39 is 0 Å². The molecule has 0 aromatic heterocycles. The Balaban J connectivity index is 2.26. The maximum atomic E-state index is 4.56. The minimum Gasteiger partial charge on any atom is -0.361 e. The second-order valence-corrected chi connectivity index (χ2v) is 5.51. The molecule has 1 N–H and O–H groups in total. The molecule has 2 nitrogen and oxygen atoms in total. The molecular formula is C10H19BrN2S. The summed E-state index contributed by atoms with van der Waals surface area (Å²) in [6.07, 6.45) is 3.78. The average Bonchev–Trinajstić information content (AvgIpc) is 2.54. The van der Waals surface area contributed by atoms with E-state index in [4.69, 9.17) is 0 Å². The van der Waals surface area contributed by atoms with Crippen LogP contribution in [0.4, 0.5) is 0 Å². The number of amidine groups is 1. The fourth-order valence-electron chi connectivity index (χ4n) is 1.36. The number of unbranched alkanes of at least 4 members (excludes halogenated alkanes) is 2. The van der Waals surface area contributed by atoms with Gasteiger partial charge in [-0.1, -0.05) is 47.5 Å². The summed E-state index contributed by atoms with van der Waals surface area (Å²) in [6, 6.07) is 0.546. The number of nitrogens with zero attached hydrogens (tertiary/aromatic N) is 1. The molecule has 1 heterocycles. The van der Waals surface area contributed by atoms with Crippen molar-refractivity contribution in [3.63, 3.8) is 0 Å². The second kappa shape index (κ2) is 6.72. The zero-order valence-corrected chi connectivity index (χ0v) is 11.3. The van der Waals surface area contributed by atoms with Gasteiger partial charge in [0, 0.05) is 23.2 Å². The van der Waals surface area contributed by atoms with Gasteiger partial charge in [-0.25, -0.2) is 0 Å². The first kappa shape index (κ1) is 12.4. The van der Waals surface area contributed by atoms with E-state index in [1.807, 2.05) is 11.8 Å². The van der Waals surface area contributed by atoms with Crippen molar-refractivity contribution in [2.45, 2.75) is 44.4 Å². The Bertz CT molecular complexity index is 197. The summed E-state index contributed by atoms with van der Waals surface area (Å²) in [4.78, 5) is 4.56. The number of hydrogen-bond donors (Lipinski definition) is 1. The third-order valence-electron chi connectivity index (χ3n) is 2.34. The van der Waals surface area contributed by atoms with E-state index in [0.29, 0.717) is 11.3 Å². The van der Waals surface area contributed by atoms with Crippen molar-refractivity contribution < 1.29 is 0 Å². The Labute approximate surface area is 99.5 Å².